The van der Waals surface area contributed by atoms with Crippen LogP contribution in [0.15, 0.2) is 47.5 Å². The van der Waals surface area contributed by atoms with Crippen LogP contribution in [0.25, 0.3) is 0 Å². The number of aromatic nitrogens is 1. The van der Waals surface area contributed by atoms with E-state index < -0.39 is 35.2 Å². The standard InChI is InChI=1S/C17H18N2O5S/c1-3-25(23)14-9-5-4-7-12(14)17(22)24-11-15(20)18-16(21)13-8-6-10-19(13)2/h4-10H,3,11H2,1-2H3,(H,18,20,21)/t25-/m1/s1. The summed E-state index contributed by atoms with van der Waals surface area (Å²) in [6.45, 7) is 1.13. The minimum absolute atomic E-state index is 0.143. The van der Waals surface area contributed by atoms with Gasteiger partial charge in [-0.15, -0.1) is 0 Å². The van der Waals surface area contributed by atoms with Crippen LogP contribution in [0.1, 0.15) is 27.8 Å². The van der Waals surface area contributed by atoms with Crippen LogP contribution in [0.3, 0.4) is 0 Å². The van der Waals surface area contributed by atoms with Crippen molar-refractivity contribution >= 4 is 28.6 Å². The molecule has 1 aromatic carbocycles. The van der Waals surface area contributed by atoms with Crippen LogP contribution in [0, 0.1) is 0 Å². The van der Waals surface area contributed by atoms with Gasteiger partial charge in [-0.2, -0.15) is 0 Å². The molecule has 0 unspecified atom stereocenters. The molecule has 0 aliphatic carbocycles. The zero-order valence-corrected chi connectivity index (χ0v) is 14.7. The maximum atomic E-state index is 12.1. The van der Waals surface area contributed by atoms with E-state index in [1.807, 2.05) is 0 Å². The molecule has 0 bridgehead atoms. The van der Waals surface area contributed by atoms with Crippen LogP contribution >= 0.6 is 0 Å². The van der Waals surface area contributed by atoms with Gasteiger partial charge in [-0.1, -0.05) is 19.1 Å². The number of aryl methyl sites for hydroxylation is 1. The van der Waals surface area contributed by atoms with Crippen molar-refractivity contribution in [2.45, 2.75) is 11.8 Å². The van der Waals surface area contributed by atoms with Gasteiger partial charge in [0, 0.05) is 19.0 Å². The van der Waals surface area contributed by atoms with E-state index in [4.69, 9.17) is 4.74 Å². The van der Waals surface area contributed by atoms with Crippen molar-refractivity contribution < 1.29 is 23.3 Å². The molecule has 0 spiro atoms. The molecule has 1 heterocycles. The lowest BCUT2D eigenvalue weighted by molar-refractivity contribution is -0.123. The molecule has 1 aromatic heterocycles. The number of rotatable bonds is 6. The lowest BCUT2D eigenvalue weighted by Crippen LogP contribution is -2.35. The lowest BCUT2D eigenvalue weighted by atomic mass is 10.2. The molecule has 0 saturated carbocycles. The van der Waals surface area contributed by atoms with Crippen molar-refractivity contribution in [3.05, 3.63) is 53.9 Å². The number of imide groups is 1. The first-order chi connectivity index (χ1) is 11.9. The third-order valence-electron chi connectivity index (χ3n) is 3.38. The van der Waals surface area contributed by atoms with Crippen LogP contribution in [-0.2, 0) is 27.4 Å². The molecule has 2 amide bonds. The molecule has 7 nitrogen and oxygen atoms in total. The van der Waals surface area contributed by atoms with Crippen molar-refractivity contribution in [1.82, 2.24) is 9.88 Å². The van der Waals surface area contributed by atoms with E-state index in [-0.39, 0.29) is 5.56 Å². The van der Waals surface area contributed by atoms with Crippen LogP contribution in [-0.4, -0.2) is 38.9 Å². The van der Waals surface area contributed by atoms with Gasteiger partial charge in [-0.25, -0.2) is 4.79 Å². The smallest absolute Gasteiger partial charge is 0.339 e. The largest absolute Gasteiger partial charge is 0.452 e. The predicted molar refractivity (Wildman–Crippen MR) is 91.6 cm³/mol. The fourth-order valence-corrected chi connectivity index (χ4v) is 3.06. The number of ether oxygens (including phenoxy) is 1. The Morgan fingerprint density at radius 3 is 2.52 bits per heavy atom. The van der Waals surface area contributed by atoms with E-state index in [1.165, 1.54) is 6.07 Å². The molecule has 2 aromatic rings. The number of carbonyl (C=O) groups excluding carboxylic acids is 3. The molecule has 8 heteroatoms. The summed E-state index contributed by atoms with van der Waals surface area (Å²) in [5.41, 5.74) is 0.451. The Bertz CT molecular complexity index is 828. The Labute approximate surface area is 147 Å². The highest BCUT2D eigenvalue weighted by atomic mass is 32.2. The Morgan fingerprint density at radius 1 is 1.16 bits per heavy atom. The maximum Gasteiger partial charge on any atom is 0.339 e. The normalized spacial score (nSPS) is 11.6. The van der Waals surface area contributed by atoms with Crippen molar-refractivity contribution in [2.24, 2.45) is 7.05 Å². The summed E-state index contributed by atoms with van der Waals surface area (Å²) in [6, 6.07) is 9.58. The number of amides is 2. The summed E-state index contributed by atoms with van der Waals surface area (Å²) >= 11 is 0. The van der Waals surface area contributed by atoms with E-state index in [9.17, 15) is 18.6 Å². The third kappa shape index (κ3) is 4.63. The number of hydrogen-bond acceptors (Lipinski definition) is 5. The number of nitrogens with zero attached hydrogens (tertiary/aromatic N) is 1. The van der Waals surface area contributed by atoms with Gasteiger partial charge in [0.15, 0.2) is 6.61 Å². The maximum absolute atomic E-state index is 12.1. The van der Waals surface area contributed by atoms with E-state index >= 15 is 0 Å². The van der Waals surface area contributed by atoms with Crippen molar-refractivity contribution in [2.75, 3.05) is 12.4 Å². The first kappa shape index (κ1) is 18.6. The summed E-state index contributed by atoms with van der Waals surface area (Å²) in [7, 11) is 0.344. The van der Waals surface area contributed by atoms with Crippen LogP contribution < -0.4 is 5.32 Å². The van der Waals surface area contributed by atoms with Crippen LogP contribution in [0.2, 0.25) is 0 Å². The molecule has 0 saturated heterocycles. The summed E-state index contributed by atoms with van der Waals surface area (Å²) in [6.07, 6.45) is 1.67. The molecule has 25 heavy (non-hydrogen) atoms. The Morgan fingerprint density at radius 2 is 1.88 bits per heavy atom. The van der Waals surface area contributed by atoms with Crippen LogP contribution in [0.5, 0.6) is 0 Å². The number of carbonyl (C=O) groups is 3. The van der Waals surface area contributed by atoms with Crippen molar-refractivity contribution in [3.63, 3.8) is 0 Å². The van der Waals surface area contributed by atoms with E-state index in [2.05, 4.69) is 5.32 Å². The van der Waals surface area contributed by atoms with Gasteiger partial charge in [0.2, 0.25) is 0 Å². The number of nitrogens with one attached hydrogen (secondary N) is 1. The number of esters is 1. The minimum Gasteiger partial charge on any atom is -0.452 e. The van der Waals surface area contributed by atoms with Gasteiger partial charge >= 0.3 is 5.97 Å². The molecule has 1 N–H and O–H groups in total. The van der Waals surface area contributed by atoms with Gasteiger partial charge in [0.25, 0.3) is 11.8 Å². The molecule has 0 radical (unpaired) electrons. The zero-order valence-electron chi connectivity index (χ0n) is 13.9. The lowest BCUT2D eigenvalue weighted by Gasteiger charge is -2.09. The first-order valence-corrected chi connectivity index (χ1v) is 8.86. The van der Waals surface area contributed by atoms with E-state index in [1.54, 1.807) is 55.1 Å². The molecule has 0 aliphatic heterocycles. The second-order valence-electron chi connectivity index (χ2n) is 5.09. The topological polar surface area (TPSA) is 94.5 Å². The van der Waals surface area contributed by atoms with Gasteiger partial charge in [-0.05, 0) is 24.3 Å². The van der Waals surface area contributed by atoms with Crippen LogP contribution in [0.4, 0.5) is 0 Å². The van der Waals surface area contributed by atoms with Gasteiger partial charge in [0.05, 0.1) is 21.3 Å². The number of benzene rings is 1. The Kier molecular flexibility index (Phi) is 6.24. The second-order valence-corrected chi connectivity index (χ2v) is 6.80. The molecule has 2 rings (SSSR count). The Hall–Kier alpha value is -2.74. The molecular weight excluding hydrogens is 344 g/mol. The molecular formula is C17H18N2O5S. The van der Waals surface area contributed by atoms with Crippen molar-refractivity contribution in [3.8, 4) is 0 Å². The third-order valence-corrected chi connectivity index (χ3v) is 4.75. The fourth-order valence-electron chi connectivity index (χ4n) is 2.12. The molecule has 0 aliphatic rings. The summed E-state index contributed by atoms with van der Waals surface area (Å²) in [5.74, 6) is -1.73. The van der Waals surface area contributed by atoms with E-state index in [0.29, 0.717) is 16.3 Å². The van der Waals surface area contributed by atoms with Gasteiger partial charge < -0.3 is 9.30 Å². The highest BCUT2D eigenvalue weighted by Gasteiger charge is 2.18. The average Bonchev–Trinajstić information content (AvgIpc) is 3.05. The highest BCUT2D eigenvalue weighted by molar-refractivity contribution is 7.85. The summed E-state index contributed by atoms with van der Waals surface area (Å²) in [5, 5.41) is 2.14. The quantitative estimate of drug-likeness (QED) is 0.781. The second kappa shape index (κ2) is 8.39. The Balaban J connectivity index is 1.96. The fraction of sp³-hybridized carbons (Fsp3) is 0.235. The minimum atomic E-state index is -1.33. The summed E-state index contributed by atoms with van der Waals surface area (Å²) in [4.78, 5) is 36.2. The number of hydrogen-bond donors (Lipinski definition) is 1. The SMILES string of the molecule is CC[S@@](=O)c1ccccc1C(=O)OCC(=O)NC(=O)c1cccn1C. The van der Waals surface area contributed by atoms with E-state index in [0.717, 1.165) is 0 Å². The molecule has 132 valence electrons. The average molecular weight is 362 g/mol. The zero-order chi connectivity index (χ0) is 18.4. The highest BCUT2D eigenvalue weighted by Crippen LogP contribution is 2.15. The predicted octanol–water partition coefficient (Wildman–Crippen LogP) is 1.27. The molecule has 0 fully saturated rings. The first-order valence-electron chi connectivity index (χ1n) is 7.54. The van der Waals surface area contributed by atoms with Gasteiger partial charge in [0.1, 0.15) is 5.69 Å². The summed E-state index contributed by atoms with van der Waals surface area (Å²) < 4.78 is 18.5. The monoisotopic (exact) mass is 362 g/mol. The molecule has 1 atom stereocenters. The van der Waals surface area contributed by atoms with Gasteiger partial charge in [-0.3, -0.25) is 19.1 Å². The van der Waals surface area contributed by atoms with Crippen molar-refractivity contribution in [1.29, 1.82) is 0 Å².